The Morgan fingerprint density at radius 3 is 2.94 bits per heavy atom. The molecule has 1 atom stereocenters. The van der Waals surface area contributed by atoms with Crippen molar-refractivity contribution in [3.05, 3.63) is 22.8 Å². The number of rotatable bonds is 5. The third-order valence-electron chi connectivity index (χ3n) is 2.28. The van der Waals surface area contributed by atoms with E-state index >= 15 is 0 Å². The van der Waals surface area contributed by atoms with Gasteiger partial charge in [-0.15, -0.1) is 0 Å². The average Bonchev–Trinajstić information content (AvgIpc) is 2.31. The molecule has 0 saturated heterocycles. The largest absolute Gasteiger partial charge is 0.384 e. The van der Waals surface area contributed by atoms with Crippen molar-refractivity contribution in [2.75, 3.05) is 17.7 Å². The van der Waals surface area contributed by atoms with Crippen LogP contribution < -0.4 is 11.1 Å². The van der Waals surface area contributed by atoms with Gasteiger partial charge in [-0.05, 0) is 24.8 Å². The van der Waals surface area contributed by atoms with Crippen molar-refractivity contribution >= 4 is 35.1 Å². The monoisotopic (exact) mass is 273 g/mol. The van der Waals surface area contributed by atoms with Crippen molar-refractivity contribution in [1.29, 1.82) is 0 Å². The van der Waals surface area contributed by atoms with Gasteiger partial charge < -0.3 is 11.1 Å². The lowest BCUT2D eigenvalue weighted by atomic mass is 10.2. The van der Waals surface area contributed by atoms with E-state index in [0.717, 1.165) is 12.2 Å². The number of amides is 1. The predicted octanol–water partition coefficient (Wildman–Crippen LogP) is 2.19. The zero-order chi connectivity index (χ0) is 12.8. The molecule has 0 saturated carbocycles. The number of nitrogen functional groups attached to an aromatic ring is 1. The molecular formula is C11H16ClN3OS. The summed E-state index contributed by atoms with van der Waals surface area (Å²) in [5.41, 5.74) is 5.72. The summed E-state index contributed by atoms with van der Waals surface area (Å²) in [5, 5.41) is 3.21. The Morgan fingerprint density at radius 1 is 1.65 bits per heavy atom. The fourth-order valence-electron chi connectivity index (χ4n) is 1.33. The molecule has 0 aliphatic rings. The summed E-state index contributed by atoms with van der Waals surface area (Å²) in [6, 6.07) is 3.27. The Hall–Kier alpha value is -0.940. The van der Waals surface area contributed by atoms with Gasteiger partial charge in [0.1, 0.15) is 11.5 Å². The van der Waals surface area contributed by atoms with Crippen LogP contribution >= 0.6 is 23.4 Å². The van der Waals surface area contributed by atoms with E-state index in [1.54, 1.807) is 23.9 Å². The Labute approximate surface area is 110 Å². The van der Waals surface area contributed by atoms with Crippen LogP contribution in [-0.4, -0.2) is 28.9 Å². The number of nitrogens with zero attached hydrogens (tertiary/aromatic N) is 1. The second kappa shape index (κ2) is 6.71. The number of anilines is 1. The van der Waals surface area contributed by atoms with Crippen LogP contribution in [0, 0.1) is 0 Å². The summed E-state index contributed by atoms with van der Waals surface area (Å²) < 4.78 is 0. The molecule has 17 heavy (non-hydrogen) atoms. The molecule has 1 aromatic heterocycles. The lowest BCUT2D eigenvalue weighted by Gasteiger charge is -2.15. The zero-order valence-electron chi connectivity index (χ0n) is 9.87. The van der Waals surface area contributed by atoms with Gasteiger partial charge in [-0.25, -0.2) is 4.98 Å². The first kappa shape index (κ1) is 14.1. The van der Waals surface area contributed by atoms with Crippen LogP contribution in [0.5, 0.6) is 0 Å². The predicted molar refractivity (Wildman–Crippen MR) is 73.6 cm³/mol. The summed E-state index contributed by atoms with van der Waals surface area (Å²) in [6.45, 7) is 2.02. The van der Waals surface area contributed by atoms with E-state index in [-0.39, 0.29) is 23.5 Å². The van der Waals surface area contributed by atoms with Crippen LogP contribution in [-0.2, 0) is 0 Å². The molecule has 0 aliphatic heterocycles. The van der Waals surface area contributed by atoms with Gasteiger partial charge in [0.2, 0.25) is 0 Å². The molecule has 1 heterocycles. The number of hydrogen-bond acceptors (Lipinski definition) is 4. The second-order valence-electron chi connectivity index (χ2n) is 3.60. The molecule has 0 spiro atoms. The Morgan fingerprint density at radius 2 is 2.35 bits per heavy atom. The second-order valence-corrected chi connectivity index (χ2v) is 4.92. The highest BCUT2D eigenvalue weighted by molar-refractivity contribution is 7.98. The molecule has 3 N–H and O–H groups in total. The molecular weight excluding hydrogens is 258 g/mol. The van der Waals surface area contributed by atoms with Crippen molar-refractivity contribution in [3.63, 3.8) is 0 Å². The molecule has 1 amide bonds. The van der Waals surface area contributed by atoms with Crippen molar-refractivity contribution < 1.29 is 4.79 Å². The normalized spacial score (nSPS) is 12.2. The van der Waals surface area contributed by atoms with Crippen LogP contribution in [0.25, 0.3) is 0 Å². The number of carbonyl (C=O) groups is 1. The zero-order valence-corrected chi connectivity index (χ0v) is 11.4. The van der Waals surface area contributed by atoms with E-state index in [0.29, 0.717) is 5.02 Å². The molecule has 0 bridgehead atoms. The fraction of sp³-hybridized carbons (Fsp3) is 0.455. The summed E-state index contributed by atoms with van der Waals surface area (Å²) >= 11 is 7.60. The molecule has 1 unspecified atom stereocenters. The first-order chi connectivity index (χ1) is 8.08. The first-order valence-electron chi connectivity index (χ1n) is 5.30. The van der Waals surface area contributed by atoms with Gasteiger partial charge in [0, 0.05) is 11.8 Å². The van der Waals surface area contributed by atoms with Crippen LogP contribution in [0.2, 0.25) is 5.02 Å². The molecule has 0 aliphatic carbocycles. The van der Waals surface area contributed by atoms with Gasteiger partial charge in [-0.1, -0.05) is 18.5 Å². The highest BCUT2D eigenvalue weighted by atomic mass is 35.5. The van der Waals surface area contributed by atoms with Crippen LogP contribution in [0.15, 0.2) is 12.1 Å². The SMILES string of the molecule is CCC(CSC)NC(=O)c1nc(N)ccc1Cl. The number of pyridine rings is 1. The highest BCUT2D eigenvalue weighted by Crippen LogP contribution is 2.15. The molecule has 6 heteroatoms. The van der Waals surface area contributed by atoms with Gasteiger partial charge in [-0.3, -0.25) is 4.79 Å². The smallest absolute Gasteiger partial charge is 0.271 e. The highest BCUT2D eigenvalue weighted by Gasteiger charge is 2.16. The third-order valence-corrected chi connectivity index (χ3v) is 3.32. The molecule has 4 nitrogen and oxygen atoms in total. The molecule has 0 aromatic carbocycles. The van der Waals surface area contributed by atoms with E-state index in [2.05, 4.69) is 10.3 Å². The average molecular weight is 274 g/mol. The van der Waals surface area contributed by atoms with E-state index in [9.17, 15) is 4.79 Å². The minimum atomic E-state index is -0.275. The van der Waals surface area contributed by atoms with E-state index in [1.165, 1.54) is 0 Å². The van der Waals surface area contributed by atoms with Gasteiger partial charge >= 0.3 is 0 Å². The number of aromatic nitrogens is 1. The van der Waals surface area contributed by atoms with Gasteiger partial charge in [0.25, 0.3) is 5.91 Å². The van der Waals surface area contributed by atoms with Gasteiger partial charge in [-0.2, -0.15) is 11.8 Å². The minimum Gasteiger partial charge on any atom is -0.384 e. The number of hydrogen-bond donors (Lipinski definition) is 2. The number of nitrogens with one attached hydrogen (secondary N) is 1. The first-order valence-corrected chi connectivity index (χ1v) is 7.07. The quantitative estimate of drug-likeness (QED) is 0.863. The summed E-state index contributed by atoms with van der Waals surface area (Å²) in [6.07, 6.45) is 2.87. The maximum Gasteiger partial charge on any atom is 0.271 e. The molecule has 1 aromatic rings. The number of halogens is 1. The molecule has 0 radical (unpaired) electrons. The van der Waals surface area contributed by atoms with Crippen LogP contribution in [0.1, 0.15) is 23.8 Å². The van der Waals surface area contributed by atoms with E-state index in [4.69, 9.17) is 17.3 Å². The Bertz CT molecular complexity index is 400. The topological polar surface area (TPSA) is 68.0 Å². The standard InChI is InChI=1S/C11H16ClN3OS/c1-3-7(6-17-2)14-11(16)10-8(12)4-5-9(13)15-10/h4-5,7H,3,6H2,1-2H3,(H2,13,15)(H,14,16). The number of thioether (sulfide) groups is 1. The Kier molecular flexibility index (Phi) is 5.58. The third kappa shape index (κ3) is 4.09. The van der Waals surface area contributed by atoms with Crippen LogP contribution in [0.4, 0.5) is 5.82 Å². The summed E-state index contributed by atoms with van der Waals surface area (Å²) in [5.74, 6) is 0.878. The lowest BCUT2D eigenvalue weighted by molar-refractivity contribution is 0.0935. The minimum absolute atomic E-state index is 0.122. The van der Waals surface area contributed by atoms with E-state index in [1.807, 2.05) is 13.2 Å². The van der Waals surface area contributed by atoms with Crippen molar-refractivity contribution in [3.8, 4) is 0 Å². The molecule has 1 rings (SSSR count). The maximum absolute atomic E-state index is 11.9. The fourth-order valence-corrected chi connectivity index (χ4v) is 2.25. The van der Waals surface area contributed by atoms with Crippen molar-refractivity contribution in [2.24, 2.45) is 0 Å². The summed E-state index contributed by atoms with van der Waals surface area (Å²) in [4.78, 5) is 15.9. The number of carbonyl (C=O) groups excluding carboxylic acids is 1. The summed E-state index contributed by atoms with van der Waals surface area (Å²) in [7, 11) is 0. The van der Waals surface area contributed by atoms with Crippen LogP contribution in [0.3, 0.4) is 0 Å². The van der Waals surface area contributed by atoms with Crippen molar-refractivity contribution in [1.82, 2.24) is 10.3 Å². The molecule has 94 valence electrons. The molecule has 0 fully saturated rings. The van der Waals surface area contributed by atoms with Gasteiger partial charge in [0.15, 0.2) is 0 Å². The lowest BCUT2D eigenvalue weighted by Crippen LogP contribution is -2.36. The maximum atomic E-state index is 11.9. The Balaban J connectivity index is 2.78. The van der Waals surface area contributed by atoms with Crippen molar-refractivity contribution in [2.45, 2.75) is 19.4 Å². The van der Waals surface area contributed by atoms with Gasteiger partial charge in [0.05, 0.1) is 5.02 Å². The van der Waals surface area contributed by atoms with E-state index < -0.39 is 0 Å². The number of nitrogens with two attached hydrogens (primary N) is 1.